The Morgan fingerprint density at radius 1 is 1.14 bits per heavy atom. The Morgan fingerprint density at radius 3 is 2.33 bits per heavy atom. The lowest BCUT2D eigenvalue weighted by Gasteiger charge is -2.38. The van der Waals surface area contributed by atoms with Crippen LogP contribution in [0.2, 0.25) is 0 Å². The molecule has 1 N–H and O–H groups in total. The molecule has 0 spiro atoms. The molecule has 2 heteroatoms. The number of Topliss-reactive ketones (excluding diaryl/α,β-unsaturated/α-hetero) is 1. The molecule has 21 heavy (non-hydrogen) atoms. The molecule has 0 fully saturated rings. The second kappa shape index (κ2) is 6.64. The zero-order chi connectivity index (χ0) is 15.5. The number of carbonyl (C=O) groups excluding carboxylic acids is 1. The highest BCUT2D eigenvalue weighted by Gasteiger charge is 2.42. The quantitative estimate of drug-likeness (QED) is 0.781. The number of benzene rings is 1. The van der Waals surface area contributed by atoms with E-state index in [4.69, 9.17) is 0 Å². The van der Waals surface area contributed by atoms with Crippen LogP contribution in [-0.2, 0) is 6.42 Å². The summed E-state index contributed by atoms with van der Waals surface area (Å²) in [7, 11) is 0. The fourth-order valence-electron chi connectivity index (χ4n) is 3.70. The lowest BCUT2D eigenvalue weighted by Crippen LogP contribution is -2.36. The van der Waals surface area contributed by atoms with Crippen molar-refractivity contribution in [3.63, 3.8) is 0 Å². The molecule has 0 aliphatic heterocycles. The number of aromatic hydroxyl groups is 1. The molecule has 0 bridgehead atoms. The van der Waals surface area contributed by atoms with Gasteiger partial charge in [-0.1, -0.05) is 45.6 Å². The van der Waals surface area contributed by atoms with Gasteiger partial charge in [-0.3, -0.25) is 4.79 Å². The number of hydrogen-bond acceptors (Lipinski definition) is 2. The van der Waals surface area contributed by atoms with E-state index < -0.39 is 0 Å². The zero-order valence-electron chi connectivity index (χ0n) is 13.7. The molecule has 0 amide bonds. The van der Waals surface area contributed by atoms with Gasteiger partial charge in [-0.15, -0.1) is 0 Å². The van der Waals surface area contributed by atoms with Crippen molar-refractivity contribution in [2.45, 2.75) is 72.1 Å². The first-order valence-corrected chi connectivity index (χ1v) is 8.42. The van der Waals surface area contributed by atoms with E-state index in [1.165, 1.54) is 0 Å². The summed E-state index contributed by atoms with van der Waals surface area (Å²) in [4.78, 5) is 13.2. The van der Waals surface area contributed by atoms with Crippen molar-refractivity contribution in [1.29, 1.82) is 0 Å². The van der Waals surface area contributed by atoms with Crippen LogP contribution in [0.4, 0.5) is 0 Å². The third-order valence-corrected chi connectivity index (χ3v) is 5.08. The predicted octanol–water partition coefficient (Wildman–Crippen LogP) is 5.20. The minimum Gasteiger partial charge on any atom is -0.508 e. The van der Waals surface area contributed by atoms with E-state index in [0.717, 1.165) is 68.1 Å². The molecule has 0 unspecified atom stereocenters. The summed E-state index contributed by atoms with van der Waals surface area (Å²) in [6, 6.07) is 3.61. The zero-order valence-corrected chi connectivity index (χ0v) is 13.7. The predicted molar refractivity (Wildman–Crippen MR) is 87.0 cm³/mol. The van der Waals surface area contributed by atoms with E-state index in [2.05, 4.69) is 13.8 Å². The molecule has 0 saturated carbocycles. The Morgan fingerprint density at radius 2 is 1.76 bits per heavy atom. The van der Waals surface area contributed by atoms with Crippen molar-refractivity contribution in [1.82, 2.24) is 0 Å². The number of rotatable bonds is 6. The summed E-state index contributed by atoms with van der Waals surface area (Å²) in [5.74, 6) is 0.586. The summed E-state index contributed by atoms with van der Waals surface area (Å²) in [6.07, 6.45) is 8.22. The van der Waals surface area contributed by atoms with Crippen molar-refractivity contribution in [3.05, 3.63) is 28.8 Å². The molecule has 0 saturated heterocycles. The van der Waals surface area contributed by atoms with Gasteiger partial charge in [0.25, 0.3) is 0 Å². The van der Waals surface area contributed by atoms with Gasteiger partial charge in [-0.25, -0.2) is 0 Å². The average molecular weight is 288 g/mol. The summed E-state index contributed by atoms with van der Waals surface area (Å²) >= 11 is 0. The van der Waals surface area contributed by atoms with Crippen LogP contribution < -0.4 is 0 Å². The Hall–Kier alpha value is -1.31. The van der Waals surface area contributed by atoms with Crippen molar-refractivity contribution in [2.75, 3.05) is 0 Å². The van der Waals surface area contributed by atoms with Crippen molar-refractivity contribution < 1.29 is 9.90 Å². The van der Waals surface area contributed by atoms with Gasteiger partial charge in [-0.05, 0) is 44.2 Å². The first kappa shape index (κ1) is 16.1. The van der Waals surface area contributed by atoms with Gasteiger partial charge in [0.15, 0.2) is 5.78 Å². The molecule has 116 valence electrons. The van der Waals surface area contributed by atoms with Crippen LogP contribution in [0.5, 0.6) is 5.75 Å². The summed E-state index contributed by atoms with van der Waals surface area (Å²) in [5.41, 5.74) is 2.53. The van der Waals surface area contributed by atoms with Crippen LogP contribution in [-0.4, -0.2) is 10.9 Å². The molecule has 0 radical (unpaired) electrons. The van der Waals surface area contributed by atoms with Crippen LogP contribution in [0.15, 0.2) is 12.1 Å². The number of hydrogen-bond donors (Lipinski definition) is 1. The fraction of sp³-hybridized carbons (Fsp3) is 0.632. The monoisotopic (exact) mass is 288 g/mol. The maximum atomic E-state index is 13.2. The molecule has 1 aromatic rings. The lowest BCUT2D eigenvalue weighted by molar-refractivity contribution is 0.0705. The van der Waals surface area contributed by atoms with E-state index in [1.807, 2.05) is 13.0 Å². The third-order valence-electron chi connectivity index (χ3n) is 5.08. The molecule has 0 heterocycles. The first-order valence-electron chi connectivity index (χ1n) is 8.42. The molecule has 1 aliphatic carbocycles. The van der Waals surface area contributed by atoms with Crippen LogP contribution in [0.1, 0.15) is 80.3 Å². The maximum Gasteiger partial charge on any atom is 0.169 e. The number of carbonyl (C=O) groups is 1. The molecule has 2 rings (SSSR count). The van der Waals surface area contributed by atoms with Crippen LogP contribution >= 0.6 is 0 Å². The van der Waals surface area contributed by atoms with Crippen molar-refractivity contribution in [3.8, 4) is 5.75 Å². The highest BCUT2D eigenvalue weighted by molar-refractivity contribution is 6.04. The smallest absolute Gasteiger partial charge is 0.169 e. The third kappa shape index (κ3) is 3.00. The molecule has 0 aromatic heterocycles. The minimum absolute atomic E-state index is 0.183. The summed E-state index contributed by atoms with van der Waals surface area (Å²) < 4.78 is 0. The fourth-order valence-corrected chi connectivity index (χ4v) is 3.70. The van der Waals surface area contributed by atoms with Gasteiger partial charge < -0.3 is 5.11 Å². The second-order valence-corrected chi connectivity index (χ2v) is 6.57. The van der Waals surface area contributed by atoms with Crippen molar-refractivity contribution in [2.24, 2.45) is 5.41 Å². The van der Waals surface area contributed by atoms with E-state index in [-0.39, 0.29) is 5.41 Å². The molecule has 1 aromatic carbocycles. The Kier molecular flexibility index (Phi) is 5.08. The molecular weight excluding hydrogens is 260 g/mol. The number of fused-ring (bicyclic) bond motifs is 1. The number of aryl methyl sites for hydroxylation is 1. The number of phenolic OH excluding ortho intramolecular Hbond substituents is 1. The van der Waals surface area contributed by atoms with Gasteiger partial charge in [0.05, 0.1) is 0 Å². The average Bonchev–Trinajstić information content (AvgIpc) is 2.49. The second-order valence-electron chi connectivity index (χ2n) is 6.57. The summed E-state index contributed by atoms with van der Waals surface area (Å²) in [5, 5.41) is 10.1. The maximum absolute atomic E-state index is 13.2. The Bertz CT molecular complexity index is 509. The van der Waals surface area contributed by atoms with Crippen LogP contribution in [0.3, 0.4) is 0 Å². The number of phenols is 1. The standard InChI is InChI=1S/C19H28O2/c1-4-6-11-19(12-7-5-2)13-10-15-16(20)9-8-14(3)17(15)18(19)21/h8-9,20H,4-7,10-13H2,1-3H3. The van der Waals surface area contributed by atoms with Gasteiger partial charge in [0, 0.05) is 16.5 Å². The highest BCUT2D eigenvalue weighted by atomic mass is 16.3. The highest BCUT2D eigenvalue weighted by Crippen LogP contribution is 2.46. The summed E-state index contributed by atoms with van der Waals surface area (Å²) in [6.45, 7) is 6.36. The van der Waals surface area contributed by atoms with E-state index >= 15 is 0 Å². The largest absolute Gasteiger partial charge is 0.508 e. The van der Waals surface area contributed by atoms with Gasteiger partial charge in [0.2, 0.25) is 0 Å². The van der Waals surface area contributed by atoms with Gasteiger partial charge >= 0.3 is 0 Å². The van der Waals surface area contributed by atoms with E-state index in [1.54, 1.807) is 6.07 Å². The number of ketones is 1. The molecule has 1 aliphatic rings. The van der Waals surface area contributed by atoms with E-state index in [0.29, 0.717) is 11.5 Å². The Balaban J connectivity index is 2.41. The van der Waals surface area contributed by atoms with Crippen molar-refractivity contribution >= 4 is 5.78 Å². The normalized spacial score (nSPS) is 16.8. The minimum atomic E-state index is -0.183. The van der Waals surface area contributed by atoms with E-state index in [9.17, 15) is 9.90 Å². The Labute approximate surface area is 128 Å². The lowest BCUT2D eigenvalue weighted by atomic mass is 9.64. The molecule has 2 nitrogen and oxygen atoms in total. The van der Waals surface area contributed by atoms with Crippen LogP contribution in [0, 0.1) is 12.3 Å². The van der Waals surface area contributed by atoms with Gasteiger partial charge in [0.1, 0.15) is 5.75 Å². The SMILES string of the molecule is CCCCC1(CCCC)CCc2c(O)ccc(C)c2C1=O. The molecular formula is C19H28O2. The topological polar surface area (TPSA) is 37.3 Å². The molecule has 0 atom stereocenters. The number of unbranched alkanes of at least 4 members (excludes halogenated alkanes) is 2. The first-order chi connectivity index (χ1) is 10.1. The van der Waals surface area contributed by atoms with Crippen LogP contribution in [0.25, 0.3) is 0 Å². The van der Waals surface area contributed by atoms with Gasteiger partial charge in [-0.2, -0.15) is 0 Å².